The lowest BCUT2D eigenvalue weighted by atomic mass is 10.0. The van der Waals surface area contributed by atoms with Crippen molar-refractivity contribution in [2.24, 2.45) is 0 Å². The summed E-state index contributed by atoms with van der Waals surface area (Å²) in [6.07, 6.45) is 0.149. The van der Waals surface area contributed by atoms with Gasteiger partial charge in [-0.3, -0.25) is 9.59 Å². The second-order valence-corrected chi connectivity index (χ2v) is 13.9. The summed E-state index contributed by atoms with van der Waals surface area (Å²) in [6, 6.07) is 17.7. The van der Waals surface area contributed by atoms with Gasteiger partial charge in [-0.05, 0) is 68.3 Å². The second-order valence-electron chi connectivity index (χ2n) is 11.0. The first kappa shape index (κ1) is 33.3. The van der Waals surface area contributed by atoms with Crippen LogP contribution in [0.3, 0.4) is 0 Å². The van der Waals surface area contributed by atoms with Crippen molar-refractivity contribution in [3.8, 4) is 0 Å². The Morgan fingerprint density at radius 3 is 2.12 bits per heavy atom. The van der Waals surface area contributed by atoms with Gasteiger partial charge in [0.05, 0.1) is 5.69 Å². The Morgan fingerprint density at radius 2 is 1.57 bits per heavy atom. The molecule has 0 aliphatic carbocycles. The molecule has 1 N–H and O–H groups in total. The molecule has 2 amide bonds. The highest BCUT2D eigenvalue weighted by Gasteiger charge is 2.36. The summed E-state index contributed by atoms with van der Waals surface area (Å²) in [5.41, 5.74) is 0.775. The predicted molar refractivity (Wildman–Crippen MR) is 165 cm³/mol. The summed E-state index contributed by atoms with van der Waals surface area (Å²) in [7, 11) is -1.54. The molecule has 0 saturated carbocycles. The molecule has 0 saturated heterocycles. The number of benzene rings is 3. The van der Waals surface area contributed by atoms with Gasteiger partial charge in [0.1, 0.15) is 18.4 Å². The molecule has 226 valence electrons. The Bertz CT molecular complexity index is 1500. The van der Waals surface area contributed by atoms with E-state index in [2.05, 4.69) is 5.32 Å². The molecule has 0 aliphatic heterocycles. The van der Waals surface area contributed by atoms with Crippen LogP contribution in [0.2, 0.25) is 10.0 Å². The fourth-order valence-electron chi connectivity index (χ4n) is 4.16. The van der Waals surface area contributed by atoms with E-state index in [9.17, 15) is 22.4 Å². The van der Waals surface area contributed by atoms with E-state index in [0.29, 0.717) is 10.6 Å². The van der Waals surface area contributed by atoms with Crippen molar-refractivity contribution in [1.29, 1.82) is 0 Å². The zero-order valence-electron chi connectivity index (χ0n) is 24.1. The van der Waals surface area contributed by atoms with Crippen LogP contribution in [0.25, 0.3) is 0 Å². The van der Waals surface area contributed by atoms with Crippen LogP contribution in [0, 0.1) is 5.82 Å². The topological polar surface area (TPSA) is 90.0 Å². The predicted octanol–water partition coefficient (Wildman–Crippen LogP) is 5.30. The van der Waals surface area contributed by atoms with Crippen molar-refractivity contribution in [1.82, 2.24) is 14.5 Å². The first-order valence-electron chi connectivity index (χ1n) is 13.1. The number of hydrogen-bond donors (Lipinski definition) is 1. The maximum absolute atomic E-state index is 14.2. The number of halogens is 3. The molecule has 0 heterocycles. The third-order valence-corrected chi connectivity index (χ3v) is 8.67. The number of rotatable bonds is 11. The van der Waals surface area contributed by atoms with Crippen molar-refractivity contribution in [2.45, 2.75) is 45.3 Å². The smallest absolute Gasteiger partial charge is 0.304 e. The van der Waals surface area contributed by atoms with Crippen molar-refractivity contribution in [3.63, 3.8) is 0 Å². The summed E-state index contributed by atoms with van der Waals surface area (Å²) in [5, 5.41) is 3.63. The monoisotopic (exact) mass is 636 g/mol. The number of nitrogens with zero attached hydrogens (tertiary/aromatic N) is 3. The Morgan fingerprint density at radius 1 is 0.952 bits per heavy atom. The SMILES string of the molecule is CN(C)S(=O)(=O)N(CC(=O)N(Cc1ccc(Cl)cc1Cl)C(Cc1ccccc1)C(=O)NC(C)(C)C)c1ccc(F)cc1. The average Bonchev–Trinajstić information content (AvgIpc) is 2.90. The Balaban J connectivity index is 2.14. The Kier molecular flexibility index (Phi) is 11.0. The van der Waals surface area contributed by atoms with Crippen LogP contribution in [0.4, 0.5) is 10.1 Å². The Labute approximate surface area is 257 Å². The summed E-state index contributed by atoms with van der Waals surface area (Å²) in [4.78, 5) is 29.3. The van der Waals surface area contributed by atoms with E-state index in [1.807, 2.05) is 51.1 Å². The number of hydrogen-bond acceptors (Lipinski definition) is 4. The van der Waals surface area contributed by atoms with E-state index in [1.165, 1.54) is 37.2 Å². The molecule has 0 aliphatic rings. The summed E-state index contributed by atoms with van der Waals surface area (Å²) in [5.74, 6) is -1.65. The molecule has 3 aromatic rings. The Hall–Kier alpha value is -3.18. The van der Waals surface area contributed by atoms with Gasteiger partial charge < -0.3 is 10.2 Å². The van der Waals surface area contributed by atoms with Crippen LogP contribution < -0.4 is 9.62 Å². The molecule has 42 heavy (non-hydrogen) atoms. The van der Waals surface area contributed by atoms with Crippen LogP contribution in [-0.2, 0) is 32.8 Å². The first-order chi connectivity index (χ1) is 19.6. The lowest BCUT2D eigenvalue weighted by Crippen LogP contribution is -2.56. The summed E-state index contributed by atoms with van der Waals surface area (Å²) in [6.45, 7) is 4.71. The van der Waals surface area contributed by atoms with E-state index in [4.69, 9.17) is 23.2 Å². The van der Waals surface area contributed by atoms with Crippen LogP contribution in [0.15, 0.2) is 72.8 Å². The van der Waals surface area contributed by atoms with Gasteiger partial charge in [0.15, 0.2) is 0 Å². The second kappa shape index (κ2) is 13.9. The van der Waals surface area contributed by atoms with Crippen molar-refractivity contribution >= 4 is 50.9 Å². The molecule has 0 spiro atoms. The number of nitrogens with one attached hydrogen (secondary N) is 1. The maximum atomic E-state index is 14.2. The third kappa shape index (κ3) is 8.91. The highest BCUT2D eigenvalue weighted by atomic mass is 35.5. The minimum Gasteiger partial charge on any atom is -0.350 e. The molecular weight excluding hydrogens is 602 g/mol. The van der Waals surface area contributed by atoms with E-state index < -0.39 is 46.0 Å². The largest absolute Gasteiger partial charge is 0.350 e. The third-order valence-electron chi connectivity index (χ3n) is 6.26. The number of carbonyl (C=O) groups is 2. The van der Waals surface area contributed by atoms with E-state index in [-0.39, 0.29) is 23.7 Å². The fraction of sp³-hybridized carbons (Fsp3) is 0.333. The number of carbonyl (C=O) groups excluding carboxylic acids is 2. The minimum atomic E-state index is -4.20. The van der Waals surface area contributed by atoms with Gasteiger partial charge in [-0.1, -0.05) is 59.6 Å². The molecule has 0 aromatic heterocycles. The highest BCUT2D eigenvalue weighted by molar-refractivity contribution is 7.90. The van der Waals surface area contributed by atoms with Crippen LogP contribution >= 0.6 is 23.2 Å². The summed E-state index contributed by atoms with van der Waals surface area (Å²) >= 11 is 12.6. The van der Waals surface area contributed by atoms with Gasteiger partial charge in [-0.15, -0.1) is 0 Å². The molecule has 1 unspecified atom stereocenters. The normalized spacial score (nSPS) is 12.6. The van der Waals surface area contributed by atoms with Crippen LogP contribution in [0.5, 0.6) is 0 Å². The molecule has 1 atom stereocenters. The highest BCUT2D eigenvalue weighted by Crippen LogP contribution is 2.26. The van der Waals surface area contributed by atoms with Crippen molar-refractivity contribution < 1.29 is 22.4 Å². The van der Waals surface area contributed by atoms with Gasteiger partial charge in [-0.2, -0.15) is 12.7 Å². The molecule has 12 heteroatoms. The van der Waals surface area contributed by atoms with Crippen molar-refractivity contribution in [3.05, 3.63) is 99.8 Å². The zero-order chi connectivity index (χ0) is 31.2. The average molecular weight is 638 g/mol. The molecule has 8 nitrogen and oxygen atoms in total. The van der Waals surface area contributed by atoms with Gasteiger partial charge in [0, 0.05) is 42.6 Å². The number of amides is 2. The zero-order valence-corrected chi connectivity index (χ0v) is 26.5. The molecule has 0 radical (unpaired) electrons. The molecule has 3 aromatic carbocycles. The van der Waals surface area contributed by atoms with Crippen molar-refractivity contribution in [2.75, 3.05) is 24.9 Å². The van der Waals surface area contributed by atoms with Gasteiger partial charge in [0.25, 0.3) is 0 Å². The van der Waals surface area contributed by atoms with Gasteiger partial charge >= 0.3 is 10.2 Å². The van der Waals surface area contributed by atoms with Gasteiger partial charge in [-0.25, -0.2) is 8.70 Å². The standard InChI is InChI=1S/C30H35Cl2FN4O4S/c1-30(2,3)34-29(39)27(17-21-9-7-6-8-10-21)36(19-22-11-12-23(31)18-26(22)32)28(38)20-37(42(40,41)35(4)5)25-15-13-24(33)14-16-25/h6-16,18,27H,17,19-20H2,1-5H3,(H,34,39). The van der Waals surface area contributed by atoms with Crippen LogP contribution in [-0.4, -0.2) is 61.7 Å². The van der Waals surface area contributed by atoms with E-state index in [1.54, 1.807) is 12.1 Å². The molecule has 3 rings (SSSR count). The molecule has 0 fully saturated rings. The quantitative estimate of drug-likeness (QED) is 0.309. The summed E-state index contributed by atoms with van der Waals surface area (Å²) < 4.78 is 42.3. The molecular formula is C30H35Cl2FN4O4S. The van der Waals surface area contributed by atoms with Gasteiger partial charge in [0.2, 0.25) is 11.8 Å². The lowest BCUT2D eigenvalue weighted by Gasteiger charge is -2.36. The first-order valence-corrected chi connectivity index (χ1v) is 15.3. The maximum Gasteiger partial charge on any atom is 0.304 e. The van der Waals surface area contributed by atoms with E-state index in [0.717, 1.165) is 26.3 Å². The fourth-order valence-corrected chi connectivity index (χ4v) is 5.69. The number of anilines is 1. The van der Waals surface area contributed by atoms with E-state index >= 15 is 0 Å². The minimum absolute atomic E-state index is 0.0849. The molecule has 0 bridgehead atoms. The van der Waals surface area contributed by atoms with Crippen LogP contribution in [0.1, 0.15) is 31.9 Å². The lowest BCUT2D eigenvalue weighted by molar-refractivity contribution is -0.140.